The van der Waals surface area contributed by atoms with Crippen molar-refractivity contribution in [2.24, 2.45) is 5.73 Å². The van der Waals surface area contributed by atoms with E-state index in [9.17, 15) is 4.39 Å². The summed E-state index contributed by atoms with van der Waals surface area (Å²) in [5.74, 6) is -0.522. The third kappa shape index (κ3) is 2.62. The molecule has 0 bridgehead atoms. The molecule has 100 valence electrons. The van der Waals surface area contributed by atoms with Crippen molar-refractivity contribution in [3.8, 4) is 0 Å². The minimum absolute atomic E-state index is 0.00525. The quantitative estimate of drug-likeness (QED) is 0.802. The van der Waals surface area contributed by atoms with Crippen molar-refractivity contribution in [1.29, 1.82) is 0 Å². The molecule has 2 aromatic rings. The van der Waals surface area contributed by atoms with Crippen LogP contribution in [0.25, 0.3) is 0 Å². The van der Waals surface area contributed by atoms with Gasteiger partial charge in [0.05, 0.1) is 10.6 Å². The van der Waals surface area contributed by atoms with E-state index in [1.165, 1.54) is 12.1 Å². The maximum atomic E-state index is 13.7. The lowest BCUT2D eigenvalue weighted by Crippen LogP contribution is -2.35. The van der Waals surface area contributed by atoms with Crippen LogP contribution in [0.5, 0.6) is 0 Å². The van der Waals surface area contributed by atoms with Crippen LogP contribution in [0.2, 0.25) is 10.0 Å². The average molecular weight is 298 g/mol. The van der Waals surface area contributed by atoms with Gasteiger partial charge < -0.3 is 5.73 Å². The lowest BCUT2D eigenvalue weighted by atomic mass is 9.83. The van der Waals surface area contributed by atoms with Gasteiger partial charge in [0, 0.05) is 5.02 Å². The molecular weight excluding hydrogens is 284 g/mol. The Morgan fingerprint density at radius 2 is 1.68 bits per heavy atom. The monoisotopic (exact) mass is 297 g/mol. The number of nitrogens with two attached hydrogens (primary N) is 1. The van der Waals surface area contributed by atoms with Crippen molar-refractivity contribution in [2.75, 3.05) is 0 Å². The molecule has 19 heavy (non-hydrogen) atoms. The summed E-state index contributed by atoms with van der Waals surface area (Å²) in [4.78, 5) is 0. The van der Waals surface area contributed by atoms with Crippen LogP contribution in [-0.2, 0) is 5.54 Å². The van der Waals surface area contributed by atoms with Gasteiger partial charge in [0.2, 0.25) is 0 Å². The molecule has 2 N–H and O–H groups in total. The van der Waals surface area contributed by atoms with Gasteiger partial charge in [0.25, 0.3) is 0 Å². The number of rotatable bonds is 2. The average Bonchev–Trinajstić information content (AvgIpc) is 2.34. The van der Waals surface area contributed by atoms with E-state index >= 15 is 0 Å². The molecule has 0 aromatic heterocycles. The molecule has 0 aliphatic carbocycles. The fourth-order valence-electron chi connectivity index (χ4n) is 2.22. The third-order valence-corrected chi connectivity index (χ3v) is 3.88. The largest absolute Gasteiger partial charge is 0.318 e. The topological polar surface area (TPSA) is 26.0 Å². The van der Waals surface area contributed by atoms with Crippen LogP contribution in [0.3, 0.4) is 0 Å². The highest BCUT2D eigenvalue weighted by Gasteiger charge is 2.28. The number of aryl methyl sites for hydroxylation is 1. The van der Waals surface area contributed by atoms with Crippen LogP contribution >= 0.6 is 23.2 Å². The Labute approximate surface area is 122 Å². The van der Waals surface area contributed by atoms with Gasteiger partial charge in [-0.05, 0) is 42.7 Å². The summed E-state index contributed by atoms with van der Waals surface area (Å²) in [5.41, 5.74) is 7.95. The van der Waals surface area contributed by atoms with Crippen molar-refractivity contribution in [3.63, 3.8) is 0 Å². The fourth-order valence-corrected chi connectivity index (χ4v) is 2.80. The minimum Gasteiger partial charge on any atom is -0.318 e. The highest BCUT2D eigenvalue weighted by molar-refractivity contribution is 6.35. The summed E-state index contributed by atoms with van der Waals surface area (Å²) < 4.78 is 13.7. The van der Waals surface area contributed by atoms with Crippen molar-refractivity contribution in [2.45, 2.75) is 19.4 Å². The SMILES string of the molecule is Cc1ccccc1C(C)(N)c1cc(F)c(Cl)cc1Cl. The molecule has 0 aliphatic rings. The van der Waals surface area contributed by atoms with E-state index in [1.807, 2.05) is 38.1 Å². The maximum absolute atomic E-state index is 13.7. The fraction of sp³-hybridized carbons (Fsp3) is 0.200. The number of hydrogen-bond acceptors (Lipinski definition) is 1. The number of benzene rings is 2. The second kappa shape index (κ2) is 5.12. The van der Waals surface area contributed by atoms with Gasteiger partial charge in [-0.1, -0.05) is 47.5 Å². The van der Waals surface area contributed by atoms with Crippen LogP contribution in [-0.4, -0.2) is 0 Å². The number of halogens is 3. The highest BCUT2D eigenvalue weighted by Crippen LogP contribution is 2.35. The summed E-state index contributed by atoms with van der Waals surface area (Å²) in [6.45, 7) is 3.77. The maximum Gasteiger partial charge on any atom is 0.142 e. The van der Waals surface area contributed by atoms with Gasteiger partial charge in [0.1, 0.15) is 5.82 Å². The van der Waals surface area contributed by atoms with Crippen molar-refractivity contribution in [3.05, 3.63) is 69.0 Å². The Bertz CT molecular complexity index is 624. The zero-order valence-electron chi connectivity index (χ0n) is 10.7. The summed E-state index contributed by atoms with van der Waals surface area (Å²) >= 11 is 11.9. The van der Waals surface area contributed by atoms with Gasteiger partial charge in [-0.2, -0.15) is 0 Å². The van der Waals surface area contributed by atoms with E-state index in [2.05, 4.69) is 0 Å². The van der Waals surface area contributed by atoms with E-state index in [-0.39, 0.29) is 5.02 Å². The molecule has 4 heteroatoms. The standard InChI is InChI=1S/C15H14Cl2FN/c1-9-5-3-4-6-10(9)15(2,19)11-7-14(18)13(17)8-12(11)16/h3-8H,19H2,1-2H3. The lowest BCUT2D eigenvalue weighted by Gasteiger charge is -2.28. The van der Waals surface area contributed by atoms with Gasteiger partial charge in [0.15, 0.2) is 0 Å². The van der Waals surface area contributed by atoms with Crippen molar-refractivity contribution in [1.82, 2.24) is 0 Å². The van der Waals surface area contributed by atoms with Crippen LogP contribution in [0, 0.1) is 12.7 Å². The lowest BCUT2D eigenvalue weighted by molar-refractivity contribution is 0.579. The first-order chi connectivity index (χ1) is 8.84. The summed E-state index contributed by atoms with van der Waals surface area (Å²) in [7, 11) is 0. The van der Waals surface area contributed by atoms with Crippen molar-refractivity contribution >= 4 is 23.2 Å². The molecule has 0 saturated heterocycles. The molecule has 0 amide bonds. The smallest absolute Gasteiger partial charge is 0.142 e. The molecule has 1 atom stereocenters. The molecule has 0 fully saturated rings. The Morgan fingerprint density at radius 1 is 1.05 bits per heavy atom. The van der Waals surface area contributed by atoms with E-state index in [1.54, 1.807) is 0 Å². The van der Waals surface area contributed by atoms with E-state index in [4.69, 9.17) is 28.9 Å². The Balaban J connectivity index is 2.63. The molecule has 0 saturated carbocycles. The Morgan fingerprint density at radius 3 is 2.32 bits per heavy atom. The molecule has 1 nitrogen and oxygen atoms in total. The molecule has 2 aromatic carbocycles. The second-order valence-electron chi connectivity index (χ2n) is 4.76. The zero-order chi connectivity index (χ0) is 14.2. The first kappa shape index (κ1) is 14.3. The van der Waals surface area contributed by atoms with Gasteiger partial charge in [-0.3, -0.25) is 0 Å². The second-order valence-corrected chi connectivity index (χ2v) is 5.58. The zero-order valence-corrected chi connectivity index (χ0v) is 12.2. The van der Waals surface area contributed by atoms with Crippen LogP contribution < -0.4 is 5.73 Å². The predicted molar refractivity (Wildman–Crippen MR) is 78.2 cm³/mol. The molecule has 0 spiro atoms. The van der Waals surface area contributed by atoms with Crippen LogP contribution in [0.15, 0.2) is 36.4 Å². The van der Waals surface area contributed by atoms with Crippen LogP contribution in [0.4, 0.5) is 4.39 Å². The highest BCUT2D eigenvalue weighted by atomic mass is 35.5. The first-order valence-corrected chi connectivity index (χ1v) is 6.59. The van der Waals surface area contributed by atoms with E-state index in [0.29, 0.717) is 10.6 Å². The summed E-state index contributed by atoms with van der Waals surface area (Å²) in [6, 6.07) is 10.4. The summed E-state index contributed by atoms with van der Waals surface area (Å²) in [5, 5.41) is 0.356. The van der Waals surface area contributed by atoms with Gasteiger partial charge >= 0.3 is 0 Å². The normalized spacial score (nSPS) is 14.2. The van der Waals surface area contributed by atoms with Gasteiger partial charge in [-0.15, -0.1) is 0 Å². The van der Waals surface area contributed by atoms with Crippen molar-refractivity contribution < 1.29 is 4.39 Å². The molecule has 0 aliphatic heterocycles. The Hall–Kier alpha value is -1.09. The Kier molecular flexibility index (Phi) is 3.86. The predicted octanol–water partition coefficient (Wildman–Crippen LogP) is 4.66. The molecule has 2 rings (SSSR count). The van der Waals surface area contributed by atoms with E-state index < -0.39 is 11.4 Å². The molecule has 1 unspecified atom stereocenters. The van der Waals surface area contributed by atoms with E-state index in [0.717, 1.165) is 11.1 Å². The van der Waals surface area contributed by atoms with Gasteiger partial charge in [-0.25, -0.2) is 4.39 Å². The minimum atomic E-state index is -0.881. The molecular formula is C15H14Cl2FN. The third-order valence-electron chi connectivity index (χ3n) is 3.27. The first-order valence-electron chi connectivity index (χ1n) is 5.84. The number of hydrogen-bond donors (Lipinski definition) is 1. The molecule has 0 heterocycles. The summed E-state index contributed by atoms with van der Waals surface area (Å²) in [6.07, 6.45) is 0. The molecule has 0 radical (unpaired) electrons. The van der Waals surface area contributed by atoms with Crippen LogP contribution in [0.1, 0.15) is 23.6 Å².